The molecular weight excluding hydrogens is 278 g/mol. The van der Waals surface area contributed by atoms with Crippen molar-refractivity contribution in [1.29, 1.82) is 0 Å². The maximum atomic E-state index is 2.52. The lowest BCUT2D eigenvalue weighted by Crippen LogP contribution is -2.23. The van der Waals surface area contributed by atoms with Gasteiger partial charge in [0.15, 0.2) is 0 Å². The van der Waals surface area contributed by atoms with E-state index in [-0.39, 0.29) is 0 Å². The number of nitrogens with zero attached hydrogens (tertiary/aromatic N) is 1. The fourth-order valence-electron chi connectivity index (χ4n) is 3.18. The zero-order chi connectivity index (χ0) is 16.9. The van der Waals surface area contributed by atoms with Crippen molar-refractivity contribution in [2.24, 2.45) is 0 Å². The number of aryl methyl sites for hydroxylation is 2. The minimum absolute atomic E-state index is 1.11. The standard InChI is InChI=1S/C22H39N/c1-5-7-8-9-10-11-12-13-14-15-18-23(6-2)22-17-16-20(3)21(4)19-22/h16-17,19H,5-15,18H2,1-4H3. The molecule has 0 fully saturated rings. The summed E-state index contributed by atoms with van der Waals surface area (Å²) < 4.78 is 0. The quantitative estimate of drug-likeness (QED) is 0.352. The van der Waals surface area contributed by atoms with Crippen LogP contribution in [-0.2, 0) is 0 Å². The molecule has 1 heteroatoms. The topological polar surface area (TPSA) is 3.24 Å². The molecule has 1 rings (SSSR count). The Morgan fingerprint density at radius 2 is 1.26 bits per heavy atom. The van der Waals surface area contributed by atoms with Crippen LogP contribution in [0.2, 0.25) is 0 Å². The zero-order valence-corrected chi connectivity index (χ0v) is 16.2. The fourth-order valence-corrected chi connectivity index (χ4v) is 3.18. The van der Waals surface area contributed by atoms with E-state index >= 15 is 0 Å². The van der Waals surface area contributed by atoms with Crippen molar-refractivity contribution in [2.75, 3.05) is 18.0 Å². The second kappa shape index (κ2) is 12.4. The van der Waals surface area contributed by atoms with Crippen LogP contribution in [0.3, 0.4) is 0 Å². The molecule has 0 aliphatic carbocycles. The summed E-state index contributed by atoms with van der Waals surface area (Å²) in [5, 5.41) is 0. The van der Waals surface area contributed by atoms with Gasteiger partial charge in [-0.1, -0.05) is 70.8 Å². The van der Waals surface area contributed by atoms with Gasteiger partial charge < -0.3 is 4.90 Å². The molecule has 0 N–H and O–H groups in total. The third-order valence-electron chi connectivity index (χ3n) is 5.02. The van der Waals surface area contributed by atoms with Crippen LogP contribution < -0.4 is 4.90 Å². The summed E-state index contributed by atoms with van der Waals surface area (Å²) in [5.74, 6) is 0. The number of anilines is 1. The normalized spacial score (nSPS) is 11.0. The number of hydrogen-bond acceptors (Lipinski definition) is 1. The predicted molar refractivity (Wildman–Crippen MR) is 106 cm³/mol. The van der Waals surface area contributed by atoms with Crippen LogP contribution in [-0.4, -0.2) is 13.1 Å². The Morgan fingerprint density at radius 3 is 1.78 bits per heavy atom. The van der Waals surface area contributed by atoms with Crippen molar-refractivity contribution >= 4 is 5.69 Å². The largest absolute Gasteiger partial charge is 0.372 e. The Labute approximate surface area is 145 Å². The van der Waals surface area contributed by atoms with E-state index < -0.39 is 0 Å². The maximum Gasteiger partial charge on any atom is 0.0368 e. The fraction of sp³-hybridized carbons (Fsp3) is 0.727. The highest BCUT2D eigenvalue weighted by atomic mass is 15.1. The highest BCUT2D eigenvalue weighted by molar-refractivity contribution is 5.50. The molecule has 1 nitrogen and oxygen atoms in total. The first-order chi connectivity index (χ1) is 11.2. The summed E-state index contributed by atoms with van der Waals surface area (Å²) in [5.41, 5.74) is 4.19. The van der Waals surface area contributed by atoms with E-state index in [9.17, 15) is 0 Å². The molecule has 0 saturated heterocycles. The molecule has 0 aromatic heterocycles. The Kier molecular flexibility index (Phi) is 10.9. The van der Waals surface area contributed by atoms with E-state index in [1.165, 1.54) is 87.6 Å². The number of unbranched alkanes of at least 4 members (excludes halogenated alkanes) is 9. The molecule has 132 valence electrons. The number of benzene rings is 1. The van der Waals surface area contributed by atoms with Crippen molar-refractivity contribution in [1.82, 2.24) is 0 Å². The van der Waals surface area contributed by atoms with Crippen LogP contribution in [0.25, 0.3) is 0 Å². The van der Waals surface area contributed by atoms with Gasteiger partial charge in [0.05, 0.1) is 0 Å². The number of rotatable bonds is 13. The molecule has 0 aliphatic heterocycles. The zero-order valence-electron chi connectivity index (χ0n) is 16.2. The molecule has 0 spiro atoms. The molecule has 23 heavy (non-hydrogen) atoms. The van der Waals surface area contributed by atoms with E-state index in [2.05, 4.69) is 50.8 Å². The number of hydrogen-bond donors (Lipinski definition) is 0. The van der Waals surface area contributed by atoms with Crippen LogP contribution in [0, 0.1) is 13.8 Å². The SMILES string of the molecule is CCCCCCCCCCCCN(CC)c1ccc(C)c(C)c1. The Bertz CT molecular complexity index is 410. The van der Waals surface area contributed by atoms with Crippen LogP contribution in [0.1, 0.15) is 89.2 Å². The van der Waals surface area contributed by atoms with E-state index in [1.54, 1.807) is 0 Å². The highest BCUT2D eigenvalue weighted by Crippen LogP contribution is 2.19. The van der Waals surface area contributed by atoms with Gasteiger partial charge in [-0.25, -0.2) is 0 Å². The van der Waals surface area contributed by atoms with Crippen LogP contribution in [0.5, 0.6) is 0 Å². The average molecular weight is 318 g/mol. The first-order valence-corrected chi connectivity index (χ1v) is 10.0. The monoisotopic (exact) mass is 317 g/mol. The molecule has 0 heterocycles. The van der Waals surface area contributed by atoms with Gasteiger partial charge in [-0.3, -0.25) is 0 Å². The Balaban J connectivity index is 2.12. The van der Waals surface area contributed by atoms with Crippen LogP contribution in [0.15, 0.2) is 18.2 Å². The molecule has 1 aromatic carbocycles. The predicted octanol–water partition coefficient (Wildman–Crippen LogP) is 7.05. The molecule has 0 atom stereocenters. The third-order valence-corrected chi connectivity index (χ3v) is 5.02. The van der Waals surface area contributed by atoms with Crippen molar-refractivity contribution in [3.8, 4) is 0 Å². The lowest BCUT2D eigenvalue weighted by molar-refractivity contribution is 0.554. The highest BCUT2D eigenvalue weighted by Gasteiger charge is 2.05. The minimum Gasteiger partial charge on any atom is -0.372 e. The van der Waals surface area contributed by atoms with Crippen molar-refractivity contribution in [3.63, 3.8) is 0 Å². The smallest absolute Gasteiger partial charge is 0.0368 e. The molecule has 0 bridgehead atoms. The third kappa shape index (κ3) is 8.44. The lowest BCUT2D eigenvalue weighted by Gasteiger charge is -2.24. The Hall–Kier alpha value is -0.980. The summed E-state index contributed by atoms with van der Waals surface area (Å²) in [4.78, 5) is 2.52. The minimum atomic E-state index is 1.11. The summed E-state index contributed by atoms with van der Waals surface area (Å²) in [6, 6.07) is 6.88. The van der Waals surface area contributed by atoms with E-state index in [4.69, 9.17) is 0 Å². The van der Waals surface area contributed by atoms with E-state index in [0.29, 0.717) is 0 Å². The van der Waals surface area contributed by atoms with Gasteiger partial charge in [-0.05, 0) is 50.5 Å². The average Bonchev–Trinajstić information content (AvgIpc) is 2.55. The second-order valence-electron chi connectivity index (χ2n) is 7.03. The van der Waals surface area contributed by atoms with Crippen LogP contribution >= 0.6 is 0 Å². The summed E-state index contributed by atoms with van der Waals surface area (Å²) >= 11 is 0. The van der Waals surface area contributed by atoms with Gasteiger partial charge in [0.25, 0.3) is 0 Å². The first kappa shape index (κ1) is 20.1. The van der Waals surface area contributed by atoms with Gasteiger partial charge in [0.1, 0.15) is 0 Å². The van der Waals surface area contributed by atoms with Gasteiger partial charge in [-0.15, -0.1) is 0 Å². The molecule has 0 radical (unpaired) electrons. The Morgan fingerprint density at radius 1 is 0.696 bits per heavy atom. The first-order valence-electron chi connectivity index (χ1n) is 10.0. The molecule has 1 aromatic rings. The van der Waals surface area contributed by atoms with Gasteiger partial charge in [-0.2, -0.15) is 0 Å². The molecule has 0 amide bonds. The van der Waals surface area contributed by atoms with E-state index in [0.717, 1.165) is 6.54 Å². The van der Waals surface area contributed by atoms with Gasteiger partial charge >= 0.3 is 0 Å². The molecule has 0 saturated carbocycles. The van der Waals surface area contributed by atoms with Crippen molar-refractivity contribution in [3.05, 3.63) is 29.3 Å². The van der Waals surface area contributed by atoms with E-state index in [1.807, 2.05) is 0 Å². The van der Waals surface area contributed by atoms with Gasteiger partial charge in [0, 0.05) is 18.8 Å². The van der Waals surface area contributed by atoms with Crippen molar-refractivity contribution in [2.45, 2.75) is 91.9 Å². The molecule has 0 unspecified atom stereocenters. The molecular formula is C22H39N. The van der Waals surface area contributed by atoms with Crippen molar-refractivity contribution < 1.29 is 0 Å². The lowest BCUT2D eigenvalue weighted by atomic mass is 10.1. The van der Waals surface area contributed by atoms with Crippen LogP contribution in [0.4, 0.5) is 5.69 Å². The summed E-state index contributed by atoms with van der Waals surface area (Å²) in [7, 11) is 0. The summed E-state index contributed by atoms with van der Waals surface area (Å²) in [6.07, 6.45) is 14.1. The summed E-state index contributed by atoms with van der Waals surface area (Å²) in [6.45, 7) is 11.3. The maximum absolute atomic E-state index is 2.52. The molecule has 0 aliphatic rings. The van der Waals surface area contributed by atoms with Gasteiger partial charge in [0.2, 0.25) is 0 Å². The second-order valence-corrected chi connectivity index (χ2v) is 7.03.